The second-order valence-corrected chi connectivity index (χ2v) is 5.86. The summed E-state index contributed by atoms with van der Waals surface area (Å²) in [4.78, 5) is 24.4. The van der Waals surface area contributed by atoms with E-state index in [-0.39, 0.29) is 40.9 Å². The molecule has 0 fully saturated rings. The maximum atomic E-state index is 12.3. The average Bonchev–Trinajstić information content (AvgIpc) is 2.49. The van der Waals surface area contributed by atoms with Crippen LogP contribution in [0.4, 0.5) is 0 Å². The van der Waals surface area contributed by atoms with Gasteiger partial charge in [0.1, 0.15) is 17.1 Å². The van der Waals surface area contributed by atoms with Crippen molar-refractivity contribution in [1.29, 1.82) is 0 Å². The fraction of sp³-hybridized carbons (Fsp3) is 0.444. The molecule has 1 aromatic carbocycles. The van der Waals surface area contributed by atoms with Gasteiger partial charge >= 0.3 is 5.97 Å². The number of aromatic hydroxyl groups is 2. The Morgan fingerprint density at radius 1 is 1.09 bits per heavy atom. The van der Waals surface area contributed by atoms with Crippen molar-refractivity contribution in [3.63, 3.8) is 0 Å². The fourth-order valence-corrected chi connectivity index (χ4v) is 2.65. The Labute approximate surface area is 135 Å². The number of ether oxygens (including phenoxy) is 1. The number of esters is 1. The largest absolute Gasteiger partial charge is 0.508 e. The Morgan fingerprint density at radius 2 is 1.83 bits per heavy atom. The van der Waals surface area contributed by atoms with Crippen LogP contribution in [0.1, 0.15) is 54.9 Å². The van der Waals surface area contributed by atoms with Crippen LogP contribution in [0.5, 0.6) is 11.5 Å². The van der Waals surface area contributed by atoms with Crippen molar-refractivity contribution in [2.45, 2.75) is 51.6 Å². The van der Waals surface area contributed by atoms with Crippen LogP contribution in [0, 0.1) is 0 Å². The maximum absolute atomic E-state index is 12.3. The van der Waals surface area contributed by atoms with E-state index in [1.165, 1.54) is 18.2 Å². The molecule has 5 heteroatoms. The number of allylic oxidation sites excluding steroid dienone is 2. The summed E-state index contributed by atoms with van der Waals surface area (Å²) >= 11 is 0. The Morgan fingerprint density at radius 3 is 2.61 bits per heavy atom. The molecule has 1 aliphatic heterocycles. The topological polar surface area (TPSA) is 83.8 Å². The summed E-state index contributed by atoms with van der Waals surface area (Å²) in [5.41, 5.74) is -0.0235. The second-order valence-electron chi connectivity index (χ2n) is 5.86. The Bertz CT molecular complexity index is 618. The summed E-state index contributed by atoms with van der Waals surface area (Å²) in [6.07, 6.45) is 7.30. The molecule has 1 unspecified atom stereocenters. The number of phenols is 2. The van der Waals surface area contributed by atoms with Crippen molar-refractivity contribution in [3.8, 4) is 11.5 Å². The van der Waals surface area contributed by atoms with Crippen LogP contribution < -0.4 is 0 Å². The quantitative estimate of drug-likeness (QED) is 0.566. The van der Waals surface area contributed by atoms with Crippen LogP contribution in [0.25, 0.3) is 0 Å². The van der Waals surface area contributed by atoms with Crippen molar-refractivity contribution < 1.29 is 24.5 Å². The van der Waals surface area contributed by atoms with E-state index in [9.17, 15) is 19.8 Å². The van der Waals surface area contributed by atoms with Gasteiger partial charge in [0.05, 0.1) is 6.10 Å². The molecular weight excluding hydrogens is 296 g/mol. The Kier molecular flexibility index (Phi) is 5.79. The number of phenolic OH excluding ortho intramolecular Hbond substituents is 2. The molecule has 2 N–H and O–H groups in total. The minimum absolute atomic E-state index is 0.105. The van der Waals surface area contributed by atoms with Gasteiger partial charge in [-0.15, -0.1) is 0 Å². The average molecular weight is 318 g/mol. The van der Waals surface area contributed by atoms with Crippen molar-refractivity contribution in [2.75, 3.05) is 0 Å². The number of ketones is 1. The molecule has 0 radical (unpaired) electrons. The van der Waals surface area contributed by atoms with Crippen LogP contribution in [-0.4, -0.2) is 28.1 Å². The predicted octanol–water partition coefficient (Wildman–Crippen LogP) is 3.28. The first-order chi connectivity index (χ1) is 11.0. The highest BCUT2D eigenvalue weighted by molar-refractivity contribution is 5.99. The molecule has 0 saturated carbocycles. The smallest absolute Gasteiger partial charge is 0.342 e. The molecule has 0 spiro atoms. The number of carbonyl (C=O) groups is 2. The second kappa shape index (κ2) is 7.81. The molecule has 0 saturated heterocycles. The van der Waals surface area contributed by atoms with E-state index in [1.807, 2.05) is 6.08 Å². The molecule has 5 nitrogen and oxygen atoms in total. The predicted molar refractivity (Wildman–Crippen MR) is 85.6 cm³/mol. The third-order valence-corrected chi connectivity index (χ3v) is 3.91. The summed E-state index contributed by atoms with van der Waals surface area (Å²) in [5, 5.41) is 20.0. The molecule has 1 aromatic rings. The van der Waals surface area contributed by atoms with E-state index in [1.54, 1.807) is 6.92 Å². The lowest BCUT2D eigenvalue weighted by Gasteiger charge is -2.16. The van der Waals surface area contributed by atoms with Gasteiger partial charge in [0, 0.05) is 12.0 Å². The van der Waals surface area contributed by atoms with Gasteiger partial charge in [-0.1, -0.05) is 12.5 Å². The zero-order valence-electron chi connectivity index (χ0n) is 13.2. The molecule has 23 heavy (non-hydrogen) atoms. The first-order valence-corrected chi connectivity index (χ1v) is 7.93. The first-order valence-electron chi connectivity index (χ1n) is 7.93. The van der Waals surface area contributed by atoms with E-state index in [4.69, 9.17) is 4.74 Å². The van der Waals surface area contributed by atoms with Crippen molar-refractivity contribution in [2.24, 2.45) is 0 Å². The molecule has 1 aliphatic rings. The third-order valence-electron chi connectivity index (χ3n) is 3.91. The van der Waals surface area contributed by atoms with Gasteiger partial charge in [0.2, 0.25) is 0 Å². The molecule has 0 bridgehead atoms. The van der Waals surface area contributed by atoms with Gasteiger partial charge in [0.25, 0.3) is 0 Å². The number of rotatable bonds is 0. The van der Waals surface area contributed by atoms with Gasteiger partial charge in [-0.2, -0.15) is 0 Å². The molecule has 1 atom stereocenters. The molecular formula is C18H22O5. The number of hydrogen-bond acceptors (Lipinski definition) is 5. The summed E-state index contributed by atoms with van der Waals surface area (Å²) in [7, 11) is 0. The van der Waals surface area contributed by atoms with E-state index >= 15 is 0 Å². The van der Waals surface area contributed by atoms with Crippen LogP contribution in [0.3, 0.4) is 0 Å². The molecule has 0 amide bonds. The number of cyclic esters (lactones) is 1. The lowest BCUT2D eigenvalue weighted by molar-refractivity contribution is -0.114. The van der Waals surface area contributed by atoms with Gasteiger partial charge in [-0.3, -0.25) is 4.79 Å². The summed E-state index contributed by atoms with van der Waals surface area (Å²) in [5.74, 6) is -1.44. The maximum Gasteiger partial charge on any atom is 0.342 e. The van der Waals surface area contributed by atoms with E-state index < -0.39 is 5.97 Å². The van der Waals surface area contributed by atoms with Crippen molar-refractivity contribution in [1.82, 2.24) is 0 Å². The minimum Gasteiger partial charge on any atom is -0.508 e. The zero-order valence-corrected chi connectivity index (χ0v) is 13.2. The Balaban J connectivity index is 2.38. The lowest BCUT2D eigenvalue weighted by atomic mass is 9.99. The molecule has 0 aromatic heterocycles. The number of hydrogen-bond donors (Lipinski definition) is 2. The Hall–Kier alpha value is -2.30. The monoisotopic (exact) mass is 318 g/mol. The van der Waals surface area contributed by atoms with Gasteiger partial charge in [-0.05, 0) is 50.8 Å². The van der Waals surface area contributed by atoms with Gasteiger partial charge in [-0.25, -0.2) is 4.79 Å². The third kappa shape index (κ3) is 4.58. The van der Waals surface area contributed by atoms with Gasteiger partial charge < -0.3 is 14.9 Å². The van der Waals surface area contributed by atoms with Crippen molar-refractivity contribution >= 4 is 11.8 Å². The SMILES string of the molecule is CC1CCCCCC=CC(=O)Cc2c(O)ccc(O)c2C(=O)O1. The molecule has 1 heterocycles. The number of benzene rings is 1. The minimum atomic E-state index is -0.713. The highest BCUT2D eigenvalue weighted by atomic mass is 16.5. The van der Waals surface area contributed by atoms with Crippen LogP contribution in [-0.2, 0) is 16.0 Å². The van der Waals surface area contributed by atoms with Crippen LogP contribution >= 0.6 is 0 Å². The van der Waals surface area contributed by atoms with Crippen LogP contribution in [0.2, 0.25) is 0 Å². The fourth-order valence-electron chi connectivity index (χ4n) is 2.65. The van der Waals surface area contributed by atoms with Crippen molar-refractivity contribution in [3.05, 3.63) is 35.4 Å². The van der Waals surface area contributed by atoms with Crippen LogP contribution in [0.15, 0.2) is 24.3 Å². The zero-order chi connectivity index (χ0) is 16.8. The summed E-state index contributed by atoms with van der Waals surface area (Å²) < 4.78 is 5.35. The molecule has 124 valence electrons. The van der Waals surface area contributed by atoms with E-state index in [0.717, 1.165) is 32.1 Å². The molecule has 2 rings (SSSR count). The highest BCUT2D eigenvalue weighted by Gasteiger charge is 2.24. The highest BCUT2D eigenvalue weighted by Crippen LogP contribution is 2.31. The molecule has 0 aliphatic carbocycles. The number of carbonyl (C=O) groups excluding carboxylic acids is 2. The van der Waals surface area contributed by atoms with E-state index in [2.05, 4.69) is 0 Å². The first kappa shape index (κ1) is 17.1. The summed E-state index contributed by atoms with van der Waals surface area (Å²) in [6, 6.07) is 2.49. The van der Waals surface area contributed by atoms with E-state index in [0.29, 0.717) is 0 Å². The normalized spacial score (nSPS) is 20.5. The standard InChI is InChI=1S/C18H22O5/c1-12-7-5-3-2-4-6-8-13(19)11-14-15(20)9-10-16(21)17(14)18(22)23-12/h6,8-10,12,20-21H,2-5,7,11H2,1H3. The number of fused-ring (bicyclic) bond motifs is 1. The summed E-state index contributed by atoms with van der Waals surface area (Å²) in [6.45, 7) is 1.80. The van der Waals surface area contributed by atoms with Gasteiger partial charge in [0.15, 0.2) is 5.78 Å². The lowest BCUT2D eigenvalue weighted by Crippen LogP contribution is -2.17.